The van der Waals surface area contributed by atoms with E-state index in [2.05, 4.69) is 17.5 Å². The molecule has 23 heavy (non-hydrogen) atoms. The summed E-state index contributed by atoms with van der Waals surface area (Å²) in [5, 5.41) is 15.3. The van der Waals surface area contributed by atoms with Gasteiger partial charge < -0.3 is 5.32 Å². The largest absolute Gasteiger partial charge is 0.378 e. The Hall–Kier alpha value is -2.33. The lowest BCUT2D eigenvalue weighted by Crippen LogP contribution is -2.29. The van der Waals surface area contributed by atoms with Crippen LogP contribution < -0.4 is 5.32 Å². The Morgan fingerprint density at radius 3 is 2.70 bits per heavy atom. The SMILES string of the molecule is O=[N+]([O-])c1ccc2c(c1)[C@H]1C=CC[C@H]1[C@@H](c1ccc(Cl)cc1)N2. The topological polar surface area (TPSA) is 55.2 Å². The lowest BCUT2D eigenvalue weighted by molar-refractivity contribution is -0.384. The average molecular weight is 327 g/mol. The molecule has 4 rings (SSSR count). The first-order valence-electron chi connectivity index (χ1n) is 7.60. The zero-order chi connectivity index (χ0) is 16.0. The highest BCUT2D eigenvalue weighted by Crippen LogP contribution is 2.50. The summed E-state index contributed by atoms with van der Waals surface area (Å²) in [6.07, 6.45) is 5.32. The zero-order valence-electron chi connectivity index (χ0n) is 12.3. The standard InChI is InChI=1S/C18H15ClN2O2/c19-12-6-4-11(5-7-12)18-15-3-1-2-14(15)16-10-13(21(22)23)8-9-17(16)20-18/h1-2,4-10,14-15,18,20H,3H2/t14-,15+,18+/m0/s1. The van der Waals surface area contributed by atoms with Crippen LogP contribution in [0.1, 0.15) is 29.5 Å². The van der Waals surface area contributed by atoms with Crippen molar-refractivity contribution in [2.24, 2.45) is 5.92 Å². The van der Waals surface area contributed by atoms with E-state index in [9.17, 15) is 10.1 Å². The van der Waals surface area contributed by atoms with Crippen molar-refractivity contribution in [2.45, 2.75) is 18.4 Å². The van der Waals surface area contributed by atoms with Crippen LogP contribution in [0.4, 0.5) is 11.4 Å². The molecule has 0 fully saturated rings. The van der Waals surface area contributed by atoms with Gasteiger partial charge in [-0.05, 0) is 41.7 Å². The molecule has 1 N–H and O–H groups in total. The van der Waals surface area contributed by atoms with Gasteiger partial charge in [0.25, 0.3) is 5.69 Å². The molecule has 116 valence electrons. The van der Waals surface area contributed by atoms with Gasteiger partial charge in [0.15, 0.2) is 0 Å². The minimum atomic E-state index is -0.334. The van der Waals surface area contributed by atoms with Gasteiger partial charge in [0.2, 0.25) is 0 Å². The first kappa shape index (κ1) is 14.3. The molecule has 4 nitrogen and oxygen atoms in total. The maximum Gasteiger partial charge on any atom is 0.269 e. The molecule has 5 heteroatoms. The molecule has 1 aliphatic heterocycles. The van der Waals surface area contributed by atoms with Crippen LogP contribution in [0, 0.1) is 16.0 Å². The Labute approximate surface area is 138 Å². The summed E-state index contributed by atoms with van der Waals surface area (Å²) in [6.45, 7) is 0. The van der Waals surface area contributed by atoms with Crippen molar-refractivity contribution >= 4 is 23.0 Å². The summed E-state index contributed by atoms with van der Waals surface area (Å²) in [5.74, 6) is 0.581. The molecule has 0 unspecified atom stereocenters. The number of allylic oxidation sites excluding steroid dienone is 2. The summed E-state index contributed by atoms with van der Waals surface area (Å²) in [5.41, 5.74) is 3.33. The number of nitrogens with zero attached hydrogens (tertiary/aromatic N) is 1. The van der Waals surface area contributed by atoms with Crippen molar-refractivity contribution < 1.29 is 4.92 Å². The van der Waals surface area contributed by atoms with Crippen molar-refractivity contribution in [1.82, 2.24) is 0 Å². The van der Waals surface area contributed by atoms with E-state index in [0.29, 0.717) is 5.92 Å². The second-order valence-electron chi connectivity index (χ2n) is 6.06. The average Bonchev–Trinajstić information content (AvgIpc) is 3.04. The quantitative estimate of drug-likeness (QED) is 0.476. The van der Waals surface area contributed by atoms with Gasteiger partial charge in [-0.1, -0.05) is 35.9 Å². The van der Waals surface area contributed by atoms with Crippen molar-refractivity contribution in [3.8, 4) is 0 Å². The van der Waals surface area contributed by atoms with E-state index >= 15 is 0 Å². The van der Waals surface area contributed by atoms with Crippen LogP contribution in [0.2, 0.25) is 5.02 Å². The Kier molecular flexibility index (Phi) is 3.34. The maximum atomic E-state index is 11.1. The summed E-state index contributed by atoms with van der Waals surface area (Å²) in [7, 11) is 0. The highest BCUT2D eigenvalue weighted by Gasteiger charge is 2.38. The molecule has 2 aromatic carbocycles. The number of nitrogens with one attached hydrogen (secondary N) is 1. The minimum Gasteiger partial charge on any atom is -0.378 e. The Balaban J connectivity index is 1.77. The van der Waals surface area contributed by atoms with E-state index in [1.165, 1.54) is 5.56 Å². The summed E-state index contributed by atoms with van der Waals surface area (Å²) in [4.78, 5) is 10.7. The number of non-ortho nitro benzene ring substituents is 1. The number of anilines is 1. The second-order valence-corrected chi connectivity index (χ2v) is 6.49. The highest BCUT2D eigenvalue weighted by molar-refractivity contribution is 6.30. The van der Waals surface area contributed by atoms with Gasteiger partial charge in [-0.3, -0.25) is 10.1 Å². The molecule has 0 bridgehead atoms. The molecule has 2 aromatic rings. The molecule has 0 amide bonds. The van der Waals surface area contributed by atoms with E-state index in [-0.39, 0.29) is 22.6 Å². The first-order valence-corrected chi connectivity index (χ1v) is 7.98. The minimum absolute atomic E-state index is 0.148. The molecule has 0 saturated heterocycles. The third-order valence-electron chi connectivity index (χ3n) is 4.79. The van der Waals surface area contributed by atoms with Crippen LogP contribution in [0.25, 0.3) is 0 Å². The zero-order valence-corrected chi connectivity index (χ0v) is 13.0. The number of halogens is 1. The third-order valence-corrected chi connectivity index (χ3v) is 5.04. The van der Waals surface area contributed by atoms with E-state index in [1.807, 2.05) is 30.3 Å². The van der Waals surface area contributed by atoms with Crippen molar-refractivity contribution in [1.29, 1.82) is 0 Å². The van der Waals surface area contributed by atoms with Gasteiger partial charge in [-0.15, -0.1) is 0 Å². The molecule has 3 atom stereocenters. The Morgan fingerprint density at radius 1 is 1.17 bits per heavy atom. The number of hydrogen-bond acceptors (Lipinski definition) is 3. The normalized spacial score (nSPS) is 24.7. The summed E-state index contributed by atoms with van der Waals surface area (Å²) in [6, 6.07) is 13.2. The van der Waals surface area contributed by atoms with Gasteiger partial charge in [0.1, 0.15) is 0 Å². The van der Waals surface area contributed by atoms with Gasteiger partial charge in [0.05, 0.1) is 11.0 Å². The lowest BCUT2D eigenvalue weighted by Gasteiger charge is -2.37. The highest BCUT2D eigenvalue weighted by atomic mass is 35.5. The van der Waals surface area contributed by atoms with E-state index in [4.69, 9.17) is 11.6 Å². The van der Waals surface area contributed by atoms with Gasteiger partial charge in [-0.2, -0.15) is 0 Å². The predicted octanol–water partition coefficient (Wildman–Crippen LogP) is 5.07. The fraction of sp³-hybridized carbons (Fsp3) is 0.222. The molecule has 0 aromatic heterocycles. The van der Waals surface area contributed by atoms with E-state index < -0.39 is 0 Å². The fourth-order valence-corrected chi connectivity index (χ4v) is 3.82. The van der Waals surface area contributed by atoms with Crippen LogP contribution in [-0.4, -0.2) is 4.92 Å². The van der Waals surface area contributed by atoms with E-state index in [1.54, 1.807) is 12.1 Å². The molecule has 0 radical (unpaired) electrons. The molecular formula is C18H15ClN2O2. The molecular weight excluding hydrogens is 312 g/mol. The van der Waals surface area contributed by atoms with Crippen molar-refractivity contribution in [2.75, 3.05) is 5.32 Å². The number of benzene rings is 2. The molecule has 2 aliphatic rings. The van der Waals surface area contributed by atoms with Crippen LogP contribution in [0.5, 0.6) is 0 Å². The van der Waals surface area contributed by atoms with Crippen molar-refractivity contribution in [3.05, 3.63) is 80.9 Å². The van der Waals surface area contributed by atoms with Crippen molar-refractivity contribution in [3.63, 3.8) is 0 Å². The summed E-state index contributed by atoms with van der Waals surface area (Å²) >= 11 is 5.99. The maximum absolute atomic E-state index is 11.1. The third kappa shape index (κ3) is 2.39. The number of rotatable bonds is 2. The van der Waals surface area contributed by atoms with Crippen LogP contribution in [0.15, 0.2) is 54.6 Å². The van der Waals surface area contributed by atoms with Gasteiger partial charge >= 0.3 is 0 Å². The van der Waals surface area contributed by atoms with E-state index in [0.717, 1.165) is 22.7 Å². The molecule has 1 aliphatic carbocycles. The Morgan fingerprint density at radius 2 is 1.96 bits per heavy atom. The summed E-state index contributed by atoms with van der Waals surface area (Å²) < 4.78 is 0. The monoisotopic (exact) mass is 326 g/mol. The first-order chi connectivity index (χ1) is 11.1. The van der Waals surface area contributed by atoms with Gasteiger partial charge in [0, 0.05) is 28.8 Å². The molecule has 1 heterocycles. The molecule has 0 saturated carbocycles. The number of nitro benzene ring substituents is 1. The van der Waals surface area contributed by atoms with Crippen LogP contribution >= 0.6 is 11.6 Å². The lowest BCUT2D eigenvalue weighted by atomic mass is 9.77. The van der Waals surface area contributed by atoms with Crippen LogP contribution in [0.3, 0.4) is 0 Å². The predicted molar refractivity (Wildman–Crippen MR) is 90.9 cm³/mol. The number of hydrogen-bond donors (Lipinski definition) is 1. The smallest absolute Gasteiger partial charge is 0.269 e. The van der Waals surface area contributed by atoms with Crippen LogP contribution in [-0.2, 0) is 0 Å². The second kappa shape index (κ2) is 5.39. The number of fused-ring (bicyclic) bond motifs is 3. The number of nitro groups is 1. The Bertz CT molecular complexity index is 801. The molecule has 0 spiro atoms. The fourth-order valence-electron chi connectivity index (χ4n) is 3.70. The van der Waals surface area contributed by atoms with Gasteiger partial charge in [-0.25, -0.2) is 0 Å².